The summed E-state index contributed by atoms with van der Waals surface area (Å²) in [7, 11) is 0. The van der Waals surface area contributed by atoms with Crippen molar-refractivity contribution in [3.8, 4) is 0 Å². The summed E-state index contributed by atoms with van der Waals surface area (Å²) in [6.45, 7) is 8.36. The second kappa shape index (κ2) is 7.64. The van der Waals surface area contributed by atoms with Crippen LogP contribution in [0.25, 0.3) is 10.9 Å². The first-order chi connectivity index (χ1) is 13.0. The molecule has 144 valence electrons. The van der Waals surface area contributed by atoms with Crippen LogP contribution in [0.15, 0.2) is 23.0 Å². The monoisotopic (exact) mass is 386 g/mol. The van der Waals surface area contributed by atoms with E-state index in [9.17, 15) is 9.59 Å². The Kier molecular flexibility index (Phi) is 5.23. The van der Waals surface area contributed by atoms with Gasteiger partial charge in [0.15, 0.2) is 0 Å². The van der Waals surface area contributed by atoms with Crippen LogP contribution in [-0.4, -0.2) is 69.0 Å². The van der Waals surface area contributed by atoms with Gasteiger partial charge in [-0.15, -0.1) is 0 Å². The summed E-state index contributed by atoms with van der Waals surface area (Å²) in [5.41, 5.74) is 1.28. The fraction of sp³-hybridized carbons (Fsp3) is 0.550. The van der Waals surface area contributed by atoms with Gasteiger partial charge in [-0.3, -0.25) is 19.1 Å². The summed E-state index contributed by atoms with van der Waals surface area (Å²) < 4.78 is 1.81. The SMILES string of the molecule is CC(C)N1CCc2nc3cc(C(=O)N4CCSCC4)ccc3c(=O)n2CC1. The second-order valence-corrected chi connectivity index (χ2v) is 8.73. The standard InChI is InChI=1S/C20H26N4O2S/c1-14(2)22-6-5-18-21-17-13-15(19(25)23-9-11-27-12-10-23)3-4-16(17)20(26)24(18)8-7-22/h3-4,13-14H,5-12H2,1-2H3. The average molecular weight is 387 g/mol. The molecular weight excluding hydrogens is 360 g/mol. The Hall–Kier alpha value is -1.86. The minimum absolute atomic E-state index is 0.00831. The number of nitrogens with zero attached hydrogens (tertiary/aromatic N) is 4. The third-order valence-corrected chi connectivity index (χ3v) is 6.49. The predicted molar refractivity (Wildman–Crippen MR) is 110 cm³/mol. The number of benzene rings is 1. The van der Waals surface area contributed by atoms with Crippen molar-refractivity contribution in [3.05, 3.63) is 39.9 Å². The van der Waals surface area contributed by atoms with Crippen LogP contribution in [0, 0.1) is 0 Å². The fourth-order valence-electron chi connectivity index (χ4n) is 3.87. The molecule has 0 aliphatic carbocycles. The van der Waals surface area contributed by atoms with Crippen molar-refractivity contribution >= 4 is 28.6 Å². The molecule has 0 radical (unpaired) electrons. The summed E-state index contributed by atoms with van der Waals surface area (Å²) in [5.74, 6) is 2.84. The number of carbonyl (C=O) groups is 1. The molecule has 4 rings (SSSR count). The van der Waals surface area contributed by atoms with E-state index in [2.05, 4.69) is 18.7 Å². The molecule has 0 spiro atoms. The summed E-state index contributed by atoms with van der Waals surface area (Å²) in [6, 6.07) is 5.80. The van der Waals surface area contributed by atoms with Crippen LogP contribution >= 0.6 is 11.8 Å². The summed E-state index contributed by atoms with van der Waals surface area (Å²) in [5, 5.41) is 0.600. The van der Waals surface area contributed by atoms with Gasteiger partial charge in [-0.25, -0.2) is 4.98 Å². The van der Waals surface area contributed by atoms with Crippen LogP contribution < -0.4 is 5.56 Å². The predicted octanol–water partition coefficient (Wildman–Crippen LogP) is 1.85. The Morgan fingerprint density at radius 1 is 1.11 bits per heavy atom. The summed E-state index contributed by atoms with van der Waals surface area (Å²) in [6.07, 6.45) is 0.755. The molecule has 0 atom stereocenters. The number of aromatic nitrogens is 2. The van der Waals surface area contributed by atoms with E-state index in [1.54, 1.807) is 18.2 Å². The molecule has 0 saturated carbocycles. The number of rotatable bonds is 2. The van der Waals surface area contributed by atoms with Crippen molar-refractivity contribution in [1.82, 2.24) is 19.4 Å². The van der Waals surface area contributed by atoms with Gasteiger partial charge >= 0.3 is 0 Å². The number of thioether (sulfide) groups is 1. The fourth-order valence-corrected chi connectivity index (χ4v) is 4.77. The van der Waals surface area contributed by atoms with Gasteiger partial charge in [-0.2, -0.15) is 11.8 Å². The van der Waals surface area contributed by atoms with E-state index in [1.807, 2.05) is 21.2 Å². The molecule has 2 aliphatic rings. The van der Waals surface area contributed by atoms with Crippen LogP contribution in [-0.2, 0) is 13.0 Å². The smallest absolute Gasteiger partial charge is 0.261 e. The molecule has 1 saturated heterocycles. The highest BCUT2D eigenvalue weighted by Gasteiger charge is 2.22. The van der Waals surface area contributed by atoms with Gasteiger partial charge in [0.25, 0.3) is 11.5 Å². The first kappa shape index (κ1) is 18.5. The highest BCUT2D eigenvalue weighted by Crippen LogP contribution is 2.18. The Morgan fingerprint density at radius 2 is 1.89 bits per heavy atom. The Balaban J connectivity index is 1.69. The minimum atomic E-state index is 0.00831. The minimum Gasteiger partial charge on any atom is -0.337 e. The first-order valence-electron chi connectivity index (χ1n) is 9.69. The molecule has 7 heteroatoms. The number of carbonyl (C=O) groups excluding carboxylic acids is 1. The molecular formula is C20H26N4O2S. The van der Waals surface area contributed by atoms with Gasteiger partial charge in [0.1, 0.15) is 5.82 Å². The van der Waals surface area contributed by atoms with Gasteiger partial charge in [0.2, 0.25) is 0 Å². The lowest BCUT2D eigenvalue weighted by molar-refractivity contribution is 0.0772. The van der Waals surface area contributed by atoms with Gasteiger partial charge in [-0.1, -0.05) is 0 Å². The largest absolute Gasteiger partial charge is 0.337 e. The maximum atomic E-state index is 13.0. The van der Waals surface area contributed by atoms with E-state index < -0.39 is 0 Å². The van der Waals surface area contributed by atoms with Crippen LogP contribution in [0.4, 0.5) is 0 Å². The maximum absolute atomic E-state index is 13.0. The highest BCUT2D eigenvalue weighted by molar-refractivity contribution is 7.99. The van der Waals surface area contributed by atoms with Crippen LogP contribution in [0.5, 0.6) is 0 Å². The maximum Gasteiger partial charge on any atom is 0.261 e. The van der Waals surface area contributed by atoms with Gasteiger partial charge < -0.3 is 4.90 Å². The zero-order valence-electron chi connectivity index (χ0n) is 16.0. The van der Waals surface area contributed by atoms with Crippen molar-refractivity contribution in [2.24, 2.45) is 0 Å². The van der Waals surface area contributed by atoms with Crippen molar-refractivity contribution in [2.45, 2.75) is 32.9 Å². The molecule has 1 aromatic heterocycles. The quantitative estimate of drug-likeness (QED) is 0.788. The molecule has 0 N–H and O–H groups in total. The summed E-state index contributed by atoms with van der Waals surface area (Å²) in [4.78, 5) is 34.8. The number of amides is 1. The third-order valence-electron chi connectivity index (χ3n) is 5.54. The zero-order chi connectivity index (χ0) is 19.0. The van der Waals surface area contributed by atoms with E-state index in [-0.39, 0.29) is 11.5 Å². The lowest BCUT2D eigenvalue weighted by Gasteiger charge is -2.26. The van der Waals surface area contributed by atoms with Crippen LogP contribution in [0.2, 0.25) is 0 Å². The molecule has 27 heavy (non-hydrogen) atoms. The highest BCUT2D eigenvalue weighted by atomic mass is 32.2. The first-order valence-corrected chi connectivity index (χ1v) is 10.8. The molecule has 0 bridgehead atoms. The lowest BCUT2D eigenvalue weighted by Crippen LogP contribution is -2.37. The van der Waals surface area contributed by atoms with Crippen molar-refractivity contribution < 1.29 is 4.79 Å². The van der Waals surface area contributed by atoms with E-state index in [4.69, 9.17) is 4.98 Å². The number of fused-ring (bicyclic) bond motifs is 2. The molecule has 6 nitrogen and oxygen atoms in total. The van der Waals surface area contributed by atoms with Crippen LogP contribution in [0.3, 0.4) is 0 Å². The Labute approximate surface area is 163 Å². The van der Waals surface area contributed by atoms with Crippen molar-refractivity contribution in [2.75, 3.05) is 37.7 Å². The third kappa shape index (κ3) is 3.62. The van der Waals surface area contributed by atoms with Gasteiger partial charge in [0, 0.05) is 62.3 Å². The second-order valence-electron chi connectivity index (χ2n) is 7.50. The van der Waals surface area contributed by atoms with Crippen molar-refractivity contribution in [1.29, 1.82) is 0 Å². The number of hydrogen-bond donors (Lipinski definition) is 0. The Morgan fingerprint density at radius 3 is 2.63 bits per heavy atom. The lowest BCUT2D eigenvalue weighted by atomic mass is 10.1. The topological polar surface area (TPSA) is 58.4 Å². The number of hydrogen-bond acceptors (Lipinski definition) is 5. The average Bonchev–Trinajstić information content (AvgIpc) is 2.91. The van der Waals surface area contributed by atoms with E-state index in [1.165, 1.54) is 0 Å². The molecule has 1 aromatic carbocycles. The zero-order valence-corrected chi connectivity index (χ0v) is 16.8. The molecule has 1 fully saturated rings. The molecule has 2 aliphatic heterocycles. The molecule has 0 unspecified atom stereocenters. The Bertz CT molecular complexity index is 918. The molecule has 3 heterocycles. The van der Waals surface area contributed by atoms with E-state index in [0.29, 0.717) is 29.1 Å². The normalized spacial score (nSPS) is 18.6. The molecule has 2 aromatic rings. The molecule has 1 amide bonds. The van der Waals surface area contributed by atoms with Gasteiger partial charge in [-0.05, 0) is 32.0 Å². The van der Waals surface area contributed by atoms with E-state index >= 15 is 0 Å². The van der Waals surface area contributed by atoms with E-state index in [0.717, 1.165) is 49.9 Å². The van der Waals surface area contributed by atoms with Crippen LogP contribution in [0.1, 0.15) is 30.0 Å². The van der Waals surface area contributed by atoms with Gasteiger partial charge in [0.05, 0.1) is 10.9 Å². The summed E-state index contributed by atoms with van der Waals surface area (Å²) >= 11 is 1.88. The van der Waals surface area contributed by atoms with Crippen molar-refractivity contribution in [3.63, 3.8) is 0 Å².